The summed E-state index contributed by atoms with van der Waals surface area (Å²) in [6.07, 6.45) is 2.61. The van der Waals surface area contributed by atoms with Gasteiger partial charge in [-0.15, -0.1) is 0 Å². The van der Waals surface area contributed by atoms with Gasteiger partial charge in [0.05, 0.1) is 5.56 Å². The molecule has 32 heavy (non-hydrogen) atoms. The molecule has 0 radical (unpaired) electrons. The molecule has 2 aliphatic rings. The molecule has 3 atom stereocenters. The van der Waals surface area contributed by atoms with E-state index in [1.54, 1.807) is 0 Å². The summed E-state index contributed by atoms with van der Waals surface area (Å²) in [4.78, 5) is 13.4. The van der Waals surface area contributed by atoms with Gasteiger partial charge in [0.25, 0.3) is 0 Å². The number of benzene rings is 4. The minimum absolute atomic E-state index is 0.134. The molecule has 4 aromatic rings. The maximum atomic E-state index is 13.4. The number of fused-ring (bicyclic) bond motifs is 7. The van der Waals surface area contributed by atoms with Gasteiger partial charge in [0.1, 0.15) is 11.4 Å². The summed E-state index contributed by atoms with van der Waals surface area (Å²) in [5.74, 6) is 0.422. The number of hydrogen-bond donors (Lipinski definition) is 1. The predicted octanol–water partition coefficient (Wildman–Crippen LogP) is 6.84. The number of rotatable bonds is 3. The summed E-state index contributed by atoms with van der Waals surface area (Å²) in [7, 11) is 0. The summed E-state index contributed by atoms with van der Waals surface area (Å²) < 4.78 is 6.39. The molecular formula is C29H26O3. The summed E-state index contributed by atoms with van der Waals surface area (Å²) in [5, 5.41) is 15.4. The van der Waals surface area contributed by atoms with Crippen molar-refractivity contribution in [2.75, 3.05) is 0 Å². The van der Waals surface area contributed by atoms with Gasteiger partial charge in [0.2, 0.25) is 0 Å². The number of carbonyl (C=O) groups is 1. The van der Waals surface area contributed by atoms with Crippen molar-refractivity contribution < 1.29 is 14.6 Å². The van der Waals surface area contributed by atoms with Crippen LogP contribution in [-0.4, -0.2) is 11.1 Å². The lowest BCUT2D eigenvalue weighted by Crippen LogP contribution is -2.33. The number of phenols is 1. The second kappa shape index (κ2) is 6.83. The molecule has 4 aromatic carbocycles. The predicted molar refractivity (Wildman–Crippen MR) is 127 cm³/mol. The van der Waals surface area contributed by atoms with E-state index in [0.717, 1.165) is 51.9 Å². The molecule has 0 amide bonds. The molecule has 0 heterocycles. The molecular weight excluding hydrogens is 396 g/mol. The molecule has 6 rings (SSSR count). The van der Waals surface area contributed by atoms with Gasteiger partial charge in [0, 0.05) is 22.4 Å². The zero-order valence-corrected chi connectivity index (χ0v) is 18.4. The Morgan fingerprint density at radius 2 is 1.84 bits per heavy atom. The molecule has 0 saturated heterocycles. The molecule has 0 aliphatic heterocycles. The summed E-state index contributed by atoms with van der Waals surface area (Å²) in [6.45, 7) is 4.29. The fraction of sp³-hybridized carbons (Fsp3) is 0.276. The van der Waals surface area contributed by atoms with E-state index < -0.39 is 5.60 Å². The molecule has 0 aromatic heterocycles. The first-order chi connectivity index (χ1) is 15.5. The molecule has 1 N–H and O–H groups in total. The van der Waals surface area contributed by atoms with Gasteiger partial charge in [-0.25, -0.2) is 4.79 Å². The highest BCUT2D eigenvalue weighted by Crippen LogP contribution is 2.64. The summed E-state index contributed by atoms with van der Waals surface area (Å²) >= 11 is 0. The van der Waals surface area contributed by atoms with Crippen molar-refractivity contribution in [2.45, 2.75) is 44.6 Å². The molecule has 2 aliphatic carbocycles. The van der Waals surface area contributed by atoms with Crippen LogP contribution in [0.5, 0.6) is 5.75 Å². The van der Waals surface area contributed by atoms with E-state index in [-0.39, 0.29) is 17.8 Å². The molecule has 2 bridgehead atoms. The summed E-state index contributed by atoms with van der Waals surface area (Å²) in [5.41, 5.74) is 3.07. The Morgan fingerprint density at radius 1 is 1.03 bits per heavy atom. The van der Waals surface area contributed by atoms with Gasteiger partial charge in [-0.3, -0.25) is 0 Å². The largest absolute Gasteiger partial charge is 0.507 e. The van der Waals surface area contributed by atoms with Gasteiger partial charge >= 0.3 is 5.97 Å². The Balaban J connectivity index is 1.47. The fourth-order valence-corrected chi connectivity index (χ4v) is 6.20. The monoisotopic (exact) mass is 422 g/mol. The van der Waals surface area contributed by atoms with Gasteiger partial charge in [-0.2, -0.15) is 0 Å². The first-order valence-corrected chi connectivity index (χ1v) is 11.5. The van der Waals surface area contributed by atoms with Crippen molar-refractivity contribution in [1.82, 2.24) is 0 Å². The fourth-order valence-electron chi connectivity index (χ4n) is 6.20. The Kier molecular flexibility index (Phi) is 4.13. The van der Waals surface area contributed by atoms with E-state index >= 15 is 0 Å². The zero-order chi connectivity index (χ0) is 22.0. The van der Waals surface area contributed by atoms with E-state index in [1.165, 1.54) is 5.56 Å². The SMILES string of the molecule is CCc1cccc2c(O)c3c(cc12)C1(OC(=O)c2ccc4ccccc4c2)CCC3C1C. The van der Waals surface area contributed by atoms with Crippen LogP contribution in [0.3, 0.4) is 0 Å². The highest BCUT2D eigenvalue weighted by atomic mass is 16.6. The molecule has 3 nitrogen and oxygen atoms in total. The van der Waals surface area contributed by atoms with Crippen molar-refractivity contribution >= 4 is 27.5 Å². The van der Waals surface area contributed by atoms with E-state index in [0.29, 0.717) is 11.3 Å². The van der Waals surface area contributed by atoms with Crippen LogP contribution in [0.2, 0.25) is 0 Å². The third-order valence-electron chi connectivity index (χ3n) is 7.92. The van der Waals surface area contributed by atoms with Crippen molar-refractivity contribution in [3.8, 4) is 5.75 Å². The van der Waals surface area contributed by atoms with Crippen LogP contribution in [0.1, 0.15) is 59.7 Å². The summed E-state index contributed by atoms with van der Waals surface area (Å²) in [6, 6.07) is 22.1. The van der Waals surface area contributed by atoms with Gasteiger partial charge < -0.3 is 9.84 Å². The number of hydrogen-bond acceptors (Lipinski definition) is 3. The number of phenolic OH excluding ortho intramolecular Hbond substituents is 1. The quantitative estimate of drug-likeness (QED) is 0.368. The Bertz CT molecular complexity index is 1400. The lowest BCUT2D eigenvalue weighted by Gasteiger charge is -2.32. The van der Waals surface area contributed by atoms with Crippen molar-refractivity contribution in [3.05, 3.63) is 89.0 Å². The lowest BCUT2D eigenvalue weighted by atomic mass is 9.84. The van der Waals surface area contributed by atoms with Crippen molar-refractivity contribution in [1.29, 1.82) is 0 Å². The molecule has 1 fully saturated rings. The van der Waals surface area contributed by atoms with Crippen LogP contribution in [-0.2, 0) is 16.8 Å². The smallest absolute Gasteiger partial charge is 0.339 e. The van der Waals surface area contributed by atoms with Crippen molar-refractivity contribution in [2.24, 2.45) is 5.92 Å². The van der Waals surface area contributed by atoms with Crippen molar-refractivity contribution in [3.63, 3.8) is 0 Å². The van der Waals surface area contributed by atoms with Gasteiger partial charge in [0.15, 0.2) is 0 Å². The molecule has 160 valence electrons. The Morgan fingerprint density at radius 3 is 2.66 bits per heavy atom. The number of aryl methyl sites for hydroxylation is 1. The minimum Gasteiger partial charge on any atom is -0.507 e. The van der Waals surface area contributed by atoms with Crippen LogP contribution in [0.25, 0.3) is 21.5 Å². The maximum absolute atomic E-state index is 13.4. The number of carbonyl (C=O) groups excluding carboxylic acids is 1. The van der Waals surface area contributed by atoms with Gasteiger partial charge in [-0.05, 0) is 65.1 Å². The molecule has 3 heteroatoms. The minimum atomic E-state index is -0.685. The topological polar surface area (TPSA) is 46.5 Å². The maximum Gasteiger partial charge on any atom is 0.339 e. The third kappa shape index (κ3) is 2.51. The third-order valence-corrected chi connectivity index (χ3v) is 7.92. The number of esters is 1. The molecule has 0 spiro atoms. The highest BCUT2D eigenvalue weighted by Gasteiger charge is 2.59. The highest BCUT2D eigenvalue weighted by molar-refractivity contribution is 5.97. The van der Waals surface area contributed by atoms with Gasteiger partial charge in [-0.1, -0.05) is 62.4 Å². The second-order valence-electron chi connectivity index (χ2n) is 9.33. The Hall–Kier alpha value is -3.33. The number of ether oxygens (including phenoxy) is 1. The van der Waals surface area contributed by atoms with Crippen LogP contribution in [0, 0.1) is 5.92 Å². The van der Waals surface area contributed by atoms with Crippen LogP contribution >= 0.6 is 0 Å². The molecule has 1 saturated carbocycles. The standard InChI is InChI=1S/C29H26O3/c1-3-18-9-6-10-23-24(18)16-25-26(27(23)30)22-13-14-29(25,17(22)2)32-28(31)21-12-11-19-7-4-5-8-20(19)15-21/h4-12,15-17,22,30H,3,13-14H2,1-2H3. The zero-order valence-electron chi connectivity index (χ0n) is 18.4. The lowest BCUT2D eigenvalue weighted by molar-refractivity contribution is -0.0355. The van der Waals surface area contributed by atoms with Crippen LogP contribution in [0.15, 0.2) is 66.7 Å². The average molecular weight is 423 g/mol. The van der Waals surface area contributed by atoms with Crippen LogP contribution in [0.4, 0.5) is 0 Å². The first-order valence-electron chi connectivity index (χ1n) is 11.5. The Labute approximate surface area is 187 Å². The molecule has 3 unspecified atom stereocenters. The van der Waals surface area contributed by atoms with Crippen LogP contribution < -0.4 is 0 Å². The van der Waals surface area contributed by atoms with E-state index in [4.69, 9.17) is 4.74 Å². The normalized spacial score (nSPS) is 23.6. The second-order valence-corrected chi connectivity index (χ2v) is 9.33. The van der Waals surface area contributed by atoms with E-state index in [1.807, 2.05) is 54.6 Å². The average Bonchev–Trinajstić information content (AvgIpc) is 3.25. The van der Waals surface area contributed by atoms with E-state index in [2.05, 4.69) is 26.0 Å². The van der Waals surface area contributed by atoms with E-state index in [9.17, 15) is 9.90 Å². The number of aromatic hydroxyl groups is 1. The first kappa shape index (κ1) is 19.4.